The molecule has 6 nitrogen and oxygen atoms in total. The van der Waals surface area contributed by atoms with Gasteiger partial charge in [0.2, 0.25) is 0 Å². The molecule has 0 aliphatic carbocycles. The van der Waals surface area contributed by atoms with Crippen molar-refractivity contribution in [2.75, 3.05) is 6.61 Å². The average molecular weight is 421 g/mol. The van der Waals surface area contributed by atoms with E-state index in [1.165, 1.54) is 47.3 Å². The summed E-state index contributed by atoms with van der Waals surface area (Å²) >= 11 is 0. The van der Waals surface area contributed by atoms with Crippen LogP contribution in [0.5, 0.6) is 0 Å². The zero-order chi connectivity index (χ0) is 21.9. The molecule has 1 heterocycles. The molecule has 0 fully saturated rings. The van der Waals surface area contributed by atoms with Crippen LogP contribution in [0.2, 0.25) is 0 Å². The summed E-state index contributed by atoms with van der Waals surface area (Å²) in [5.41, 5.74) is 8.06. The van der Waals surface area contributed by atoms with Crippen molar-refractivity contribution >= 4 is 11.8 Å². The number of rotatable bonds is 6. The fourth-order valence-electron chi connectivity index (χ4n) is 2.64. The van der Waals surface area contributed by atoms with Gasteiger partial charge in [-0.15, -0.1) is 0 Å². The van der Waals surface area contributed by atoms with Gasteiger partial charge in [0.15, 0.2) is 12.4 Å². The van der Waals surface area contributed by atoms with Gasteiger partial charge in [-0.3, -0.25) is 4.79 Å². The van der Waals surface area contributed by atoms with Crippen molar-refractivity contribution < 1.29 is 31.9 Å². The van der Waals surface area contributed by atoms with E-state index in [0.717, 1.165) is 0 Å². The number of ether oxygens (including phenoxy) is 1. The quantitative estimate of drug-likeness (QED) is 0.374. The Labute approximate surface area is 167 Å². The highest BCUT2D eigenvalue weighted by Crippen LogP contribution is 2.23. The normalized spacial score (nSPS) is 11.4. The summed E-state index contributed by atoms with van der Waals surface area (Å²) in [4.78, 5) is 22.6. The summed E-state index contributed by atoms with van der Waals surface area (Å²) < 4.78 is 55.5. The predicted octanol–water partition coefficient (Wildman–Crippen LogP) is 3.43. The molecule has 0 saturated heterocycles. The third-order valence-corrected chi connectivity index (χ3v) is 4.13. The first kappa shape index (κ1) is 21.2. The van der Waals surface area contributed by atoms with Crippen LogP contribution in [0, 0.1) is 5.82 Å². The molecule has 0 spiro atoms. The highest BCUT2D eigenvalue weighted by molar-refractivity contribution is 5.98. The molecule has 0 saturated carbocycles. The molecule has 156 valence electrons. The number of hydrogen-bond donors (Lipinski definition) is 1. The molecule has 0 atom stereocenters. The number of carbonyl (C=O) groups excluding carboxylic acids is 2. The van der Waals surface area contributed by atoms with E-state index in [4.69, 9.17) is 5.73 Å². The lowest BCUT2D eigenvalue weighted by atomic mass is 10.1. The maximum Gasteiger partial charge on any atom is 0.490 e. The van der Waals surface area contributed by atoms with Crippen molar-refractivity contribution in [2.45, 2.75) is 12.7 Å². The summed E-state index contributed by atoms with van der Waals surface area (Å²) in [7, 11) is 0. The first-order valence-electron chi connectivity index (χ1n) is 8.59. The van der Waals surface area contributed by atoms with E-state index in [9.17, 15) is 27.2 Å². The molecule has 0 aliphatic heterocycles. The van der Waals surface area contributed by atoms with Crippen LogP contribution in [0.1, 0.15) is 15.9 Å². The van der Waals surface area contributed by atoms with E-state index in [1.807, 2.05) is 0 Å². The standard InChI is InChI=1S/C20H15F4N3O3/c21-16-6-12(8-25)5-14(7-16)15-9-26-27(10-15)17-3-1-13(2-4-17)18(28)11-30-19(29)20(22,23)24/h1-7,9-10H,8,11,25H2. The third-order valence-electron chi connectivity index (χ3n) is 4.13. The summed E-state index contributed by atoms with van der Waals surface area (Å²) in [5, 5.41) is 4.19. The number of nitrogens with two attached hydrogens (primary N) is 1. The maximum absolute atomic E-state index is 13.7. The van der Waals surface area contributed by atoms with Crippen molar-refractivity contribution in [3.63, 3.8) is 0 Å². The van der Waals surface area contributed by atoms with Gasteiger partial charge in [-0.05, 0) is 53.6 Å². The molecule has 30 heavy (non-hydrogen) atoms. The number of nitrogens with zero attached hydrogens (tertiary/aromatic N) is 2. The van der Waals surface area contributed by atoms with E-state index in [-0.39, 0.29) is 12.1 Å². The van der Waals surface area contributed by atoms with Crippen LogP contribution in [0.15, 0.2) is 54.9 Å². The zero-order valence-electron chi connectivity index (χ0n) is 15.3. The number of ketones is 1. The first-order chi connectivity index (χ1) is 14.2. The highest BCUT2D eigenvalue weighted by atomic mass is 19.4. The second kappa shape index (κ2) is 8.46. The lowest BCUT2D eigenvalue weighted by Gasteiger charge is -2.07. The van der Waals surface area contributed by atoms with Crippen LogP contribution < -0.4 is 5.73 Å². The summed E-state index contributed by atoms with van der Waals surface area (Å²) in [6.07, 6.45) is -1.98. The van der Waals surface area contributed by atoms with Crippen LogP contribution in [-0.4, -0.2) is 34.3 Å². The number of halogens is 4. The lowest BCUT2D eigenvalue weighted by molar-refractivity contribution is -0.198. The van der Waals surface area contributed by atoms with Crippen LogP contribution in [0.25, 0.3) is 16.8 Å². The minimum Gasteiger partial charge on any atom is -0.451 e. The van der Waals surface area contributed by atoms with E-state index >= 15 is 0 Å². The van der Waals surface area contributed by atoms with Crippen molar-refractivity contribution in [2.24, 2.45) is 5.73 Å². The number of Topliss-reactive ketones (excluding diaryl/α,β-unsaturated/α-hetero) is 1. The molecule has 0 unspecified atom stereocenters. The molecule has 0 radical (unpaired) electrons. The molecule has 1 aromatic heterocycles. The first-order valence-corrected chi connectivity index (χ1v) is 8.59. The van der Waals surface area contributed by atoms with Gasteiger partial charge in [0.05, 0.1) is 11.9 Å². The van der Waals surface area contributed by atoms with Crippen LogP contribution in [-0.2, 0) is 16.1 Å². The summed E-state index contributed by atoms with van der Waals surface area (Å²) in [5.74, 6) is -3.63. The SMILES string of the molecule is NCc1cc(F)cc(-c2cnn(-c3ccc(C(=O)COC(=O)C(F)(F)F)cc3)c2)c1. The van der Waals surface area contributed by atoms with Crippen molar-refractivity contribution in [3.8, 4) is 16.8 Å². The van der Waals surface area contributed by atoms with Gasteiger partial charge in [0.25, 0.3) is 0 Å². The van der Waals surface area contributed by atoms with E-state index < -0.39 is 30.4 Å². The molecule has 2 aromatic carbocycles. The monoisotopic (exact) mass is 421 g/mol. The largest absolute Gasteiger partial charge is 0.490 e. The number of aromatic nitrogens is 2. The number of esters is 1. The number of benzene rings is 2. The van der Waals surface area contributed by atoms with Crippen molar-refractivity contribution in [3.05, 3.63) is 71.8 Å². The van der Waals surface area contributed by atoms with Crippen LogP contribution in [0.4, 0.5) is 17.6 Å². The Morgan fingerprint density at radius 3 is 2.40 bits per heavy atom. The second-order valence-electron chi connectivity index (χ2n) is 6.27. The molecule has 10 heteroatoms. The molecular weight excluding hydrogens is 406 g/mol. The Bertz CT molecular complexity index is 1080. The zero-order valence-corrected chi connectivity index (χ0v) is 15.3. The van der Waals surface area contributed by atoms with Crippen molar-refractivity contribution in [1.82, 2.24) is 9.78 Å². The smallest absolute Gasteiger partial charge is 0.451 e. The minimum atomic E-state index is -5.16. The molecule has 0 bridgehead atoms. The van der Waals surface area contributed by atoms with Gasteiger partial charge in [-0.1, -0.05) is 0 Å². The van der Waals surface area contributed by atoms with Gasteiger partial charge in [0, 0.05) is 23.9 Å². The maximum atomic E-state index is 13.7. The van der Waals surface area contributed by atoms with Crippen molar-refractivity contribution in [1.29, 1.82) is 0 Å². The summed E-state index contributed by atoms with van der Waals surface area (Å²) in [6.45, 7) is -0.834. The molecular formula is C20H15F4N3O3. The fourth-order valence-corrected chi connectivity index (χ4v) is 2.64. The number of alkyl halides is 3. The molecule has 0 aliphatic rings. The fraction of sp³-hybridized carbons (Fsp3) is 0.150. The van der Waals surface area contributed by atoms with Crippen LogP contribution >= 0.6 is 0 Å². The Hall–Kier alpha value is -3.53. The number of carbonyl (C=O) groups is 2. The lowest BCUT2D eigenvalue weighted by Crippen LogP contribution is -2.27. The average Bonchev–Trinajstić information content (AvgIpc) is 3.21. The van der Waals surface area contributed by atoms with Gasteiger partial charge >= 0.3 is 12.1 Å². The Morgan fingerprint density at radius 2 is 1.77 bits per heavy atom. The van der Waals surface area contributed by atoms with E-state index in [0.29, 0.717) is 22.4 Å². The third kappa shape index (κ3) is 4.90. The minimum absolute atomic E-state index is 0.0684. The van der Waals surface area contributed by atoms with Gasteiger partial charge in [0.1, 0.15) is 5.82 Å². The predicted molar refractivity (Wildman–Crippen MR) is 98.2 cm³/mol. The van der Waals surface area contributed by atoms with E-state index in [1.54, 1.807) is 12.3 Å². The van der Waals surface area contributed by atoms with Gasteiger partial charge < -0.3 is 10.5 Å². The van der Waals surface area contributed by atoms with Crippen LogP contribution in [0.3, 0.4) is 0 Å². The Morgan fingerprint density at radius 1 is 1.07 bits per heavy atom. The second-order valence-corrected chi connectivity index (χ2v) is 6.27. The number of hydrogen-bond acceptors (Lipinski definition) is 5. The molecule has 3 rings (SSSR count). The summed E-state index contributed by atoms with van der Waals surface area (Å²) in [6, 6.07) is 10.2. The van der Waals surface area contributed by atoms with E-state index in [2.05, 4.69) is 9.84 Å². The van der Waals surface area contributed by atoms with Gasteiger partial charge in [-0.2, -0.15) is 18.3 Å². The Balaban J connectivity index is 1.72. The molecule has 0 amide bonds. The van der Waals surface area contributed by atoms with Gasteiger partial charge in [-0.25, -0.2) is 13.9 Å². The molecule has 2 N–H and O–H groups in total. The topological polar surface area (TPSA) is 87.2 Å². The Kier molecular flexibility index (Phi) is 5.97. The molecule has 3 aromatic rings. The highest BCUT2D eigenvalue weighted by Gasteiger charge is 2.41.